The molecule has 2 aromatic rings. The lowest BCUT2D eigenvalue weighted by atomic mass is 10.1. The normalized spacial score (nSPS) is 12.2. The van der Waals surface area contributed by atoms with Crippen molar-refractivity contribution >= 4 is 0 Å². The molecule has 2 rings (SSSR count). The highest BCUT2D eigenvalue weighted by atomic mass is 16.3. The molecule has 5 N–H and O–H groups in total. The van der Waals surface area contributed by atoms with E-state index in [1.54, 1.807) is 18.2 Å². The molecule has 22 heavy (non-hydrogen) atoms. The van der Waals surface area contributed by atoms with Crippen LogP contribution in [0.2, 0.25) is 0 Å². The fourth-order valence-electron chi connectivity index (χ4n) is 2.43. The summed E-state index contributed by atoms with van der Waals surface area (Å²) >= 11 is 0. The van der Waals surface area contributed by atoms with Crippen molar-refractivity contribution in [3.63, 3.8) is 0 Å². The van der Waals surface area contributed by atoms with Gasteiger partial charge in [-0.15, -0.1) is 0 Å². The fraction of sp³-hybridized carbons (Fsp3) is 0.333. The summed E-state index contributed by atoms with van der Waals surface area (Å²) in [5.41, 5.74) is 2.26. The molecule has 0 aliphatic rings. The lowest BCUT2D eigenvalue weighted by Crippen LogP contribution is -2.89. The number of hydrogen-bond donors (Lipinski definition) is 4. The Morgan fingerprint density at radius 3 is 2.23 bits per heavy atom. The molecule has 0 saturated carbocycles. The number of hydrogen-bond acceptors (Lipinski definition) is 3. The van der Waals surface area contributed by atoms with Crippen LogP contribution >= 0.6 is 0 Å². The van der Waals surface area contributed by atoms with E-state index < -0.39 is 0 Å². The van der Waals surface area contributed by atoms with Crippen LogP contribution in [-0.4, -0.2) is 27.9 Å². The molecular formula is C18H24NO3+. The van der Waals surface area contributed by atoms with E-state index in [1.807, 2.05) is 18.2 Å². The third kappa shape index (κ3) is 4.97. The first-order chi connectivity index (χ1) is 10.5. The molecule has 1 atom stereocenters. The number of benzene rings is 2. The van der Waals surface area contributed by atoms with Gasteiger partial charge in [0.05, 0.1) is 12.6 Å². The summed E-state index contributed by atoms with van der Waals surface area (Å²) in [6.45, 7) is 3.15. The van der Waals surface area contributed by atoms with Crippen LogP contribution in [0, 0.1) is 0 Å². The first-order valence-electron chi connectivity index (χ1n) is 7.66. The summed E-state index contributed by atoms with van der Waals surface area (Å²) < 4.78 is 0. The van der Waals surface area contributed by atoms with Crippen molar-refractivity contribution in [2.45, 2.75) is 32.2 Å². The third-order valence-electron chi connectivity index (χ3n) is 3.87. The number of phenols is 3. The first kappa shape index (κ1) is 16.2. The molecule has 0 bridgehead atoms. The largest absolute Gasteiger partial charge is 0.508 e. The highest BCUT2D eigenvalue weighted by Crippen LogP contribution is 2.24. The average molecular weight is 302 g/mol. The predicted molar refractivity (Wildman–Crippen MR) is 86.2 cm³/mol. The van der Waals surface area contributed by atoms with Crippen molar-refractivity contribution < 1.29 is 20.6 Å². The summed E-state index contributed by atoms with van der Waals surface area (Å²) in [6, 6.07) is 12.9. The van der Waals surface area contributed by atoms with E-state index in [9.17, 15) is 15.3 Å². The minimum Gasteiger partial charge on any atom is -0.508 e. The maximum absolute atomic E-state index is 9.46. The molecule has 0 aliphatic heterocycles. The number of phenolic OH excluding ortho intramolecular Hbond substituents is 3. The van der Waals surface area contributed by atoms with Gasteiger partial charge in [-0.1, -0.05) is 18.2 Å². The maximum atomic E-state index is 9.46. The lowest BCUT2D eigenvalue weighted by molar-refractivity contribution is -0.686. The van der Waals surface area contributed by atoms with Crippen LogP contribution < -0.4 is 5.32 Å². The zero-order valence-electron chi connectivity index (χ0n) is 12.9. The molecule has 0 fully saturated rings. The van der Waals surface area contributed by atoms with Gasteiger partial charge in [0.1, 0.15) is 5.75 Å². The summed E-state index contributed by atoms with van der Waals surface area (Å²) in [4.78, 5) is 0. The van der Waals surface area contributed by atoms with Crippen LogP contribution in [-0.2, 0) is 12.8 Å². The Morgan fingerprint density at radius 2 is 1.55 bits per heavy atom. The van der Waals surface area contributed by atoms with Gasteiger partial charge in [0.15, 0.2) is 11.5 Å². The van der Waals surface area contributed by atoms with Gasteiger partial charge in [0, 0.05) is 12.8 Å². The molecule has 4 heteroatoms. The number of aryl methyl sites for hydroxylation is 1. The van der Waals surface area contributed by atoms with Crippen molar-refractivity contribution in [3.8, 4) is 17.2 Å². The molecule has 4 nitrogen and oxygen atoms in total. The van der Waals surface area contributed by atoms with Crippen molar-refractivity contribution in [2.24, 2.45) is 0 Å². The topological polar surface area (TPSA) is 77.3 Å². The molecule has 0 amide bonds. The van der Waals surface area contributed by atoms with Crippen LogP contribution in [0.1, 0.15) is 24.5 Å². The number of quaternary nitrogens is 1. The van der Waals surface area contributed by atoms with Crippen molar-refractivity contribution in [1.82, 2.24) is 0 Å². The highest BCUT2D eigenvalue weighted by Gasteiger charge is 2.07. The van der Waals surface area contributed by atoms with Gasteiger partial charge in [0.25, 0.3) is 0 Å². The third-order valence-corrected chi connectivity index (χ3v) is 3.87. The summed E-state index contributed by atoms with van der Waals surface area (Å²) in [5.74, 6) is 0.174. The number of nitrogens with two attached hydrogens (primary N) is 1. The van der Waals surface area contributed by atoms with Gasteiger partial charge in [0.2, 0.25) is 0 Å². The van der Waals surface area contributed by atoms with Gasteiger partial charge in [-0.25, -0.2) is 0 Å². The maximum Gasteiger partial charge on any atom is 0.157 e. The van der Waals surface area contributed by atoms with Crippen LogP contribution in [0.4, 0.5) is 0 Å². The van der Waals surface area contributed by atoms with Gasteiger partial charge in [-0.05, 0) is 48.7 Å². The molecule has 0 saturated heterocycles. The zero-order chi connectivity index (χ0) is 15.9. The molecule has 2 aromatic carbocycles. The SMILES string of the molecule is CC(CCc1ccc(O)cc1)[NH2+]CCc1ccc(O)c(O)c1. The van der Waals surface area contributed by atoms with E-state index in [-0.39, 0.29) is 11.5 Å². The smallest absolute Gasteiger partial charge is 0.157 e. The Balaban J connectivity index is 1.70. The minimum atomic E-state index is -0.0741. The molecule has 1 unspecified atom stereocenters. The van der Waals surface area contributed by atoms with Gasteiger partial charge < -0.3 is 20.6 Å². The average Bonchev–Trinajstić information content (AvgIpc) is 2.50. The van der Waals surface area contributed by atoms with Gasteiger partial charge in [-0.3, -0.25) is 0 Å². The summed E-state index contributed by atoms with van der Waals surface area (Å²) in [5, 5.41) is 30.3. The fourth-order valence-corrected chi connectivity index (χ4v) is 2.43. The van der Waals surface area contributed by atoms with E-state index in [1.165, 1.54) is 11.6 Å². The van der Waals surface area contributed by atoms with E-state index in [2.05, 4.69) is 12.2 Å². The second kappa shape index (κ2) is 7.71. The number of aromatic hydroxyl groups is 3. The summed E-state index contributed by atoms with van der Waals surface area (Å²) in [7, 11) is 0. The molecule has 0 aromatic heterocycles. The van der Waals surface area contributed by atoms with E-state index >= 15 is 0 Å². The molecule has 0 spiro atoms. The van der Waals surface area contributed by atoms with Crippen molar-refractivity contribution in [3.05, 3.63) is 53.6 Å². The molecule has 0 radical (unpaired) electrons. The van der Waals surface area contributed by atoms with Crippen LogP contribution in [0.15, 0.2) is 42.5 Å². The predicted octanol–water partition coefficient (Wildman–Crippen LogP) is 1.93. The lowest BCUT2D eigenvalue weighted by Gasteiger charge is -2.11. The van der Waals surface area contributed by atoms with Crippen LogP contribution in [0.25, 0.3) is 0 Å². The Morgan fingerprint density at radius 1 is 0.864 bits per heavy atom. The Labute approximate surface area is 131 Å². The minimum absolute atomic E-state index is 0.0575. The van der Waals surface area contributed by atoms with Crippen molar-refractivity contribution in [1.29, 1.82) is 0 Å². The standard InChI is InChI=1S/C18H23NO3/c1-13(2-3-14-4-7-16(20)8-5-14)19-11-10-15-6-9-17(21)18(22)12-15/h4-9,12-13,19-22H,2-3,10-11H2,1H3/p+1. The van der Waals surface area contributed by atoms with E-state index in [0.717, 1.165) is 31.4 Å². The number of rotatable bonds is 7. The van der Waals surface area contributed by atoms with Gasteiger partial charge >= 0.3 is 0 Å². The zero-order valence-corrected chi connectivity index (χ0v) is 12.9. The van der Waals surface area contributed by atoms with Crippen LogP contribution in [0.5, 0.6) is 17.2 Å². The molecule has 0 aliphatic carbocycles. The molecular weight excluding hydrogens is 278 g/mol. The monoisotopic (exact) mass is 302 g/mol. The van der Waals surface area contributed by atoms with Crippen LogP contribution in [0.3, 0.4) is 0 Å². The Bertz CT molecular complexity index is 596. The van der Waals surface area contributed by atoms with E-state index in [0.29, 0.717) is 11.8 Å². The second-order valence-electron chi connectivity index (χ2n) is 5.78. The van der Waals surface area contributed by atoms with Crippen molar-refractivity contribution in [2.75, 3.05) is 6.54 Å². The second-order valence-corrected chi connectivity index (χ2v) is 5.78. The van der Waals surface area contributed by atoms with E-state index in [4.69, 9.17) is 0 Å². The Kier molecular flexibility index (Phi) is 5.67. The quantitative estimate of drug-likeness (QED) is 0.590. The molecule has 118 valence electrons. The van der Waals surface area contributed by atoms with Gasteiger partial charge in [-0.2, -0.15) is 0 Å². The first-order valence-corrected chi connectivity index (χ1v) is 7.66. The summed E-state index contributed by atoms with van der Waals surface area (Å²) in [6.07, 6.45) is 2.93. The Hall–Kier alpha value is -2.20. The molecule has 0 heterocycles. The highest BCUT2D eigenvalue weighted by molar-refractivity contribution is 5.40.